The summed E-state index contributed by atoms with van der Waals surface area (Å²) in [5, 5.41) is 5.59. The number of fused-ring (bicyclic) bond motifs is 1. The Hall–Kier alpha value is -1.84. The van der Waals surface area contributed by atoms with Crippen molar-refractivity contribution in [3.63, 3.8) is 0 Å². The molecule has 0 amide bonds. The van der Waals surface area contributed by atoms with Gasteiger partial charge in [0, 0.05) is 18.1 Å². The molecule has 0 aliphatic heterocycles. The smallest absolute Gasteiger partial charge is 0.337 e. The van der Waals surface area contributed by atoms with Crippen molar-refractivity contribution in [2.24, 2.45) is 5.92 Å². The van der Waals surface area contributed by atoms with Crippen LogP contribution in [0.15, 0.2) is 24.4 Å². The van der Waals surface area contributed by atoms with Crippen LogP contribution in [0.1, 0.15) is 37.0 Å². The molecule has 0 aliphatic rings. The van der Waals surface area contributed by atoms with Crippen molar-refractivity contribution in [1.29, 1.82) is 0 Å². The zero-order chi connectivity index (χ0) is 13.8. The summed E-state index contributed by atoms with van der Waals surface area (Å²) in [6.07, 6.45) is 4.34. The number of hydrogen-bond donors (Lipinski definition) is 0. The summed E-state index contributed by atoms with van der Waals surface area (Å²) in [6.45, 7) is 5.33. The van der Waals surface area contributed by atoms with Crippen LogP contribution in [0.25, 0.3) is 10.9 Å². The highest BCUT2D eigenvalue weighted by Crippen LogP contribution is 2.17. The lowest BCUT2D eigenvalue weighted by atomic mass is 10.0. The van der Waals surface area contributed by atoms with Crippen LogP contribution in [0, 0.1) is 5.92 Å². The molecule has 1 aromatic carbocycles. The van der Waals surface area contributed by atoms with E-state index in [-0.39, 0.29) is 5.97 Å². The number of aromatic nitrogens is 2. The van der Waals surface area contributed by atoms with Gasteiger partial charge in [-0.25, -0.2) is 4.79 Å². The molecule has 0 saturated heterocycles. The van der Waals surface area contributed by atoms with Gasteiger partial charge < -0.3 is 4.74 Å². The molecule has 0 unspecified atom stereocenters. The van der Waals surface area contributed by atoms with Crippen LogP contribution in [-0.4, -0.2) is 22.9 Å². The van der Waals surface area contributed by atoms with E-state index in [9.17, 15) is 4.79 Å². The van der Waals surface area contributed by atoms with Gasteiger partial charge in [0.1, 0.15) is 0 Å². The number of benzene rings is 1. The molecule has 2 aromatic rings. The average molecular weight is 260 g/mol. The summed E-state index contributed by atoms with van der Waals surface area (Å²) in [6, 6.07) is 5.47. The molecule has 0 radical (unpaired) electrons. The van der Waals surface area contributed by atoms with E-state index >= 15 is 0 Å². The molecular weight excluding hydrogens is 240 g/mol. The van der Waals surface area contributed by atoms with Gasteiger partial charge in [-0.05, 0) is 18.1 Å². The molecule has 0 N–H and O–H groups in total. The molecule has 0 fully saturated rings. The van der Waals surface area contributed by atoms with Crippen LogP contribution in [0.5, 0.6) is 0 Å². The van der Waals surface area contributed by atoms with E-state index < -0.39 is 0 Å². The van der Waals surface area contributed by atoms with E-state index in [1.807, 2.05) is 16.9 Å². The first-order chi connectivity index (χ1) is 9.17. The van der Waals surface area contributed by atoms with Gasteiger partial charge in [-0.2, -0.15) is 5.10 Å². The first-order valence-electron chi connectivity index (χ1n) is 6.73. The van der Waals surface area contributed by atoms with Gasteiger partial charge in [-0.15, -0.1) is 0 Å². The minimum Gasteiger partial charge on any atom is -0.465 e. The molecule has 102 valence electrons. The first kappa shape index (κ1) is 13.6. The van der Waals surface area contributed by atoms with Crippen LogP contribution >= 0.6 is 0 Å². The Morgan fingerprint density at radius 3 is 2.74 bits per heavy atom. The maximum absolute atomic E-state index is 11.5. The topological polar surface area (TPSA) is 44.1 Å². The van der Waals surface area contributed by atoms with Crippen LogP contribution in [0.4, 0.5) is 0 Å². The van der Waals surface area contributed by atoms with Crippen molar-refractivity contribution in [3.8, 4) is 0 Å². The van der Waals surface area contributed by atoms with Crippen molar-refractivity contribution in [2.75, 3.05) is 7.11 Å². The number of ether oxygens (including phenoxy) is 1. The van der Waals surface area contributed by atoms with Gasteiger partial charge in [0.25, 0.3) is 0 Å². The Bertz CT molecular complexity index is 571. The molecule has 4 heteroatoms. The number of esters is 1. The standard InChI is InChI=1S/C15H20N2O2/c1-4-11(5-2)9-17-10-13-7-6-12(15(18)19-3)8-14(13)16-17/h6-8,10-11H,4-5,9H2,1-3H3. The van der Waals surface area contributed by atoms with Crippen molar-refractivity contribution in [2.45, 2.75) is 33.2 Å². The maximum Gasteiger partial charge on any atom is 0.337 e. The molecule has 0 spiro atoms. The van der Waals surface area contributed by atoms with E-state index in [1.54, 1.807) is 12.1 Å². The number of carbonyl (C=O) groups excluding carboxylic acids is 1. The Labute approximate surface area is 113 Å². The highest BCUT2D eigenvalue weighted by atomic mass is 16.5. The Balaban J connectivity index is 2.27. The van der Waals surface area contributed by atoms with E-state index in [0.29, 0.717) is 11.5 Å². The quantitative estimate of drug-likeness (QED) is 0.775. The fraction of sp³-hybridized carbons (Fsp3) is 0.467. The summed E-state index contributed by atoms with van der Waals surface area (Å²) in [5.41, 5.74) is 1.39. The van der Waals surface area contributed by atoms with Gasteiger partial charge in [0.15, 0.2) is 0 Å². The number of carbonyl (C=O) groups is 1. The molecule has 0 saturated carbocycles. The van der Waals surface area contributed by atoms with Crippen molar-refractivity contribution >= 4 is 16.9 Å². The lowest BCUT2D eigenvalue weighted by molar-refractivity contribution is 0.0601. The molecule has 19 heavy (non-hydrogen) atoms. The van der Waals surface area contributed by atoms with E-state index in [4.69, 9.17) is 4.74 Å². The van der Waals surface area contributed by atoms with Gasteiger partial charge in [-0.1, -0.05) is 32.8 Å². The fourth-order valence-electron chi connectivity index (χ4n) is 2.22. The summed E-state index contributed by atoms with van der Waals surface area (Å²) in [5.74, 6) is 0.325. The second kappa shape index (κ2) is 5.87. The van der Waals surface area contributed by atoms with Gasteiger partial charge in [-0.3, -0.25) is 4.68 Å². The van der Waals surface area contributed by atoms with E-state index in [1.165, 1.54) is 7.11 Å². The SMILES string of the molecule is CCC(CC)Cn1cc2ccc(C(=O)OC)cc2n1. The lowest BCUT2D eigenvalue weighted by Gasteiger charge is -2.11. The molecule has 1 aromatic heterocycles. The molecule has 0 aliphatic carbocycles. The summed E-state index contributed by atoms with van der Waals surface area (Å²) in [7, 11) is 1.39. The third kappa shape index (κ3) is 2.95. The summed E-state index contributed by atoms with van der Waals surface area (Å²) < 4.78 is 6.69. The van der Waals surface area contributed by atoms with Crippen molar-refractivity contribution in [1.82, 2.24) is 9.78 Å². The molecule has 0 bridgehead atoms. The van der Waals surface area contributed by atoms with Gasteiger partial charge in [0.05, 0.1) is 18.2 Å². The fourth-order valence-corrected chi connectivity index (χ4v) is 2.22. The second-order valence-electron chi connectivity index (χ2n) is 4.80. The largest absolute Gasteiger partial charge is 0.465 e. The molecular formula is C15H20N2O2. The van der Waals surface area contributed by atoms with Crippen molar-refractivity contribution < 1.29 is 9.53 Å². The maximum atomic E-state index is 11.5. The third-order valence-corrected chi connectivity index (χ3v) is 3.58. The normalized spacial score (nSPS) is 11.2. The number of rotatable bonds is 5. The molecule has 4 nitrogen and oxygen atoms in total. The predicted molar refractivity (Wildman–Crippen MR) is 75.1 cm³/mol. The van der Waals surface area contributed by atoms with Crippen LogP contribution in [0.2, 0.25) is 0 Å². The number of nitrogens with zero attached hydrogens (tertiary/aromatic N) is 2. The Morgan fingerprint density at radius 1 is 1.37 bits per heavy atom. The third-order valence-electron chi connectivity index (χ3n) is 3.58. The van der Waals surface area contributed by atoms with Crippen LogP contribution in [0.3, 0.4) is 0 Å². The highest BCUT2D eigenvalue weighted by Gasteiger charge is 2.10. The van der Waals surface area contributed by atoms with Gasteiger partial charge >= 0.3 is 5.97 Å². The lowest BCUT2D eigenvalue weighted by Crippen LogP contribution is -2.09. The minimum atomic E-state index is -0.323. The monoisotopic (exact) mass is 260 g/mol. The average Bonchev–Trinajstić information content (AvgIpc) is 2.85. The molecule has 0 atom stereocenters. The minimum absolute atomic E-state index is 0.323. The second-order valence-corrected chi connectivity index (χ2v) is 4.80. The van der Waals surface area contributed by atoms with Gasteiger partial charge in [0.2, 0.25) is 0 Å². The van der Waals surface area contributed by atoms with E-state index in [2.05, 4.69) is 18.9 Å². The Morgan fingerprint density at radius 2 is 2.11 bits per heavy atom. The van der Waals surface area contributed by atoms with Crippen LogP contribution < -0.4 is 0 Å². The molecule has 1 heterocycles. The Kier molecular flexibility index (Phi) is 4.20. The van der Waals surface area contributed by atoms with Crippen molar-refractivity contribution in [3.05, 3.63) is 30.0 Å². The molecule has 2 rings (SSSR count). The van der Waals surface area contributed by atoms with Crippen LogP contribution in [-0.2, 0) is 11.3 Å². The number of methoxy groups -OCH3 is 1. The predicted octanol–water partition coefficient (Wildman–Crippen LogP) is 3.26. The zero-order valence-corrected chi connectivity index (χ0v) is 11.7. The summed E-state index contributed by atoms with van der Waals surface area (Å²) in [4.78, 5) is 11.5. The number of hydrogen-bond acceptors (Lipinski definition) is 3. The summed E-state index contributed by atoms with van der Waals surface area (Å²) >= 11 is 0. The highest BCUT2D eigenvalue weighted by molar-refractivity contribution is 5.94. The zero-order valence-electron chi connectivity index (χ0n) is 11.7. The first-order valence-corrected chi connectivity index (χ1v) is 6.73. The van der Waals surface area contributed by atoms with E-state index in [0.717, 1.165) is 30.3 Å².